The SMILES string of the molecule is CCCCC([S])c1ccc2cccccc1-2. The van der Waals surface area contributed by atoms with Gasteiger partial charge in [0.15, 0.2) is 0 Å². The maximum atomic E-state index is 5.58. The zero-order valence-electron chi connectivity index (χ0n) is 9.65. The van der Waals surface area contributed by atoms with Crippen molar-refractivity contribution < 1.29 is 0 Å². The number of unbranched alkanes of at least 4 members (excludes halogenated alkanes) is 1. The first kappa shape index (κ1) is 11.5. The molecule has 0 fully saturated rings. The molecular weight excluding hydrogens is 212 g/mol. The summed E-state index contributed by atoms with van der Waals surface area (Å²) >= 11 is 5.58. The van der Waals surface area contributed by atoms with E-state index in [1.807, 2.05) is 0 Å². The van der Waals surface area contributed by atoms with Gasteiger partial charge >= 0.3 is 0 Å². The molecule has 16 heavy (non-hydrogen) atoms. The smallest absolute Gasteiger partial charge is 0.0407 e. The third-order valence-electron chi connectivity index (χ3n) is 2.99. The molecule has 0 saturated carbocycles. The van der Waals surface area contributed by atoms with E-state index in [0.29, 0.717) is 0 Å². The van der Waals surface area contributed by atoms with Gasteiger partial charge in [-0.2, -0.15) is 0 Å². The average Bonchev–Trinajstić information content (AvgIpc) is 2.55. The first-order valence-electron chi connectivity index (χ1n) is 5.96. The summed E-state index contributed by atoms with van der Waals surface area (Å²) in [6.07, 6.45) is 3.56. The standard InChI is InChI=1S/C15H17S/c1-2-3-9-15(16)14-11-10-12-7-5-4-6-8-13(12)14/h4-8,10-11,15H,2-3,9H2,1H3. The second-order valence-corrected chi connectivity index (χ2v) is 4.77. The second kappa shape index (κ2) is 5.40. The van der Waals surface area contributed by atoms with Crippen molar-refractivity contribution in [3.63, 3.8) is 0 Å². The fraction of sp³-hybridized carbons (Fsp3) is 0.333. The molecule has 1 heteroatoms. The van der Waals surface area contributed by atoms with Crippen molar-refractivity contribution in [1.29, 1.82) is 0 Å². The van der Waals surface area contributed by atoms with Crippen molar-refractivity contribution in [3.05, 3.63) is 48.0 Å². The molecule has 0 bridgehead atoms. The van der Waals surface area contributed by atoms with E-state index in [1.54, 1.807) is 0 Å². The van der Waals surface area contributed by atoms with Gasteiger partial charge in [0.05, 0.1) is 0 Å². The molecule has 0 amide bonds. The van der Waals surface area contributed by atoms with Crippen molar-refractivity contribution in [2.75, 3.05) is 0 Å². The lowest BCUT2D eigenvalue weighted by Gasteiger charge is -2.09. The van der Waals surface area contributed by atoms with Crippen LogP contribution in [0.4, 0.5) is 0 Å². The highest BCUT2D eigenvalue weighted by atomic mass is 32.1. The molecule has 2 rings (SSSR count). The molecule has 83 valence electrons. The van der Waals surface area contributed by atoms with Gasteiger partial charge in [-0.1, -0.05) is 74.9 Å². The van der Waals surface area contributed by atoms with Crippen molar-refractivity contribution >= 4 is 12.6 Å². The first-order valence-corrected chi connectivity index (χ1v) is 6.43. The largest absolute Gasteiger partial charge is 0.0853 e. The summed E-state index contributed by atoms with van der Waals surface area (Å²) in [4.78, 5) is 0. The zero-order chi connectivity index (χ0) is 11.4. The minimum Gasteiger partial charge on any atom is -0.0853 e. The van der Waals surface area contributed by atoms with Gasteiger partial charge in [-0.25, -0.2) is 0 Å². The second-order valence-electron chi connectivity index (χ2n) is 4.20. The molecule has 1 radical (unpaired) electrons. The third-order valence-corrected chi connectivity index (χ3v) is 3.48. The number of hydrogen-bond donors (Lipinski definition) is 0. The van der Waals surface area contributed by atoms with Gasteiger partial charge < -0.3 is 0 Å². The van der Waals surface area contributed by atoms with Gasteiger partial charge in [0.2, 0.25) is 0 Å². The topological polar surface area (TPSA) is 0 Å². The first-order chi connectivity index (χ1) is 7.83. The highest BCUT2D eigenvalue weighted by Crippen LogP contribution is 2.36. The summed E-state index contributed by atoms with van der Waals surface area (Å²) < 4.78 is 0. The molecule has 0 spiro atoms. The Bertz CT molecular complexity index is 422. The Kier molecular flexibility index (Phi) is 3.89. The normalized spacial score (nSPS) is 12.9. The molecule has 2 aliphatic rings. The Balaban J connectivity index is 2.27. The Labute approximate surface area is 103 Å². The average molecular weight is 229 g/mol. The number of hydrogen-bond acceptors (Lipinski definition) is 0. The fourth-order valence-electron chi connectivity index (χ4n) is 2.06. The molecule has 0 saturated heterocycles. The molecule has 0 aromatic rings. The predicted octanol–water partition coefficient (Wildman–Crippen LogP) is 5.22. The van der Waals surface area contributed by atoms with Gasteiger partial charge in [-0.3, -0.25) is 0 Å². The van der Waals surface area contributed by atoms with Crippen molar-refractivity contribution in [2.24, 2.45) is 0 Å². The minimum absolute atomic E-state index is 0.264. The van der Waals surface area contributed by atoms with E-state index in [1.165, 1.54) is 29.5 Å². The third kappa shape index (κ3) is 2.41. The van der Waals surface area contributed by atoms with Crippen LogP contribution in [-0.2, 0) is 0 Å². The summed E-state index contributed by atoms with van der Waals surface area (Å²) in [7, 11) is 0. The van der Waals surface area contributed by atoms with E-state index in [2.05, 4.69) is 49.4 Å². The molecule has 2 aliphatic carbocycles. The predicted molar refractivity (Wildman–Crippen MR) is 72.9 cm³/mol. The number of fused-ring (bicyclic) bond motifs is 1. The van der Waals surface area contributed by atoms with E-state index < -0.39 is 0 Å². The van der Waals surface area contributed by atoms with Crippen LogP contribution in [0.25, 0.3) is 11.1 Å². The van der Waals surface area contributed by atoms with E-state index in [-0.39, 0.29) is 5.25 Å². The van der Waals surface area contributed by atoms with Gasteiger partial charge in [0.25, 0.3) is 0 Å². The summed E-state index contributed by atoms with van der Waals surface area (Å²) in [5.41, 5.74) is 3.95. The molecule has 0 aromatic carbocycles. The quantitative estimate of drug-likeness (QED) is 0.674. The molecule has 0 aromatic heterocycles. The van der Waals surface area contributed by atoms with Crippen LogP contribution in [0.5, 0.6) is 0 Å². The molecule has 1 unspecified atom stereocenters. The highest BCUT2D eigenvalue weighted by molar-refractivity contribution is 7.80. The number of rotatable bonds is 4. The van der Waals surface area contributed by atoms with Gasteiger partial charge in [-0.15, -0.1) is 0 Å². The van der Waals surface area contributed by atoms with E-state index >= 15 is 0 Å². The molecule has 0 nitrogen and oxygen atoms in total. The lowest BCUT2D eigenvalue weighted by atomic mass is 10.0. The van der Waals surface area contributed by atoms with E-state index in [4.69, 9.17) is 12.6 Å². The van der Waals surface area contributed by atoms with Crippen LogP contribution in [0.2, 0.25) is 0 Å². The van der Waals surface area contributed by atoms with E-state index in [0.717, 1.165) is 6.42 Å². The molecule has 0 N–H and O–H groups in total. The van der Waals surface area contributed by atoms with Crippen LogP contribution in [0.15, 0.2) is 42.5 Å². The molecule has 0 heterocycles. The molecule has 0 aliphatic heterocycles. The van der Waals surface area contributed by atoms with Gasteiger partial charge in [0.1, 0.15) is 0 Å². The maximum Gasteiger partial charge on any atom is 0.0407 e. The lowest BCUT2D eigenvalue weighted by molar-refractivity contribution is 0.711. The van der Waals surface area contributed by atoms with Gasteiger partial charge in [0, 0.05) is 5.25 Å². The summed E-state index contributed by atoms with van der Waals surface area (Å²) in [5, 5.41) is 0.264. The Morgan fingerprint density at radius 2 is 1.88 bits per heavy atom. The van der Waals surface area contributed by atoms with Gasteiger partial charge in [-0.05, 0) is 23.1 Å². The molecular formula is C15H17S. The van der Waals surface area contributed by atoms with Crippen molar-refractivity contribution in [1.82, 2.24) is 0 Å². The summed E-state index contributed by atoms with van der Waals surface area (Å²) in [6.45, 7) is 2.21. The maximum absolute atomic E-state index is 5.58. The zero-order valence-corrected chi connectivity index (χ0v) is 10.5. The van der Waals surface area contributed by atoms with Crippen LogP contribution >= 0.6 is 12.6 Å². The van der Waals surface area contributed by atoms with Crippen LogP contribution in [0.3, 0.4) is 0 Å². The fourth-order valence-corrected chi connectivity index (χ4v) is 2.44. The van der Waals surface area contributed by atoms with Crippen LogP contribution in [0.1, 0.15) is 37.0 Å². The Hall–Kier alpha value is -0.950. The van der Waals surface area contributed by atoms with Crippen LogP contribution < -0.4 is 0 Å². The van der Waals surface area contributed by atoms with Crippen molar-refractivity contribution in [3.8, 4) is 11.1 Å². The Morgan fingerprint density at radius 1 is 1.06 bits per heavy atom. The van der Waals surface area contributed by atoms with Crippen LogP contribution in [0, 0.1) is 0 Å². The monoisotopic (exact) mass is 229 g/mol. The minimum atomic E-state index is 0.264. The summed E-state index contributed by atoms with van der Waals surface area (Å²) in [6, 6.07) is 14.9. The van der Waals surface area contributed by atoms with Crippen LogP contribution in [-0.4, -0.2) is 0 Å². The Morgan fingerprint density at radius 3 is 2.69 bits per heavy atom. The lowest BCUT2D eigenvalue weighted by Crippen LogP contribution is -1.89. The van der Waals surface area contributed by atoms with Crippen molar-refractivity contribution in [2.45, 2.75) is 31.4 Å². The van der Waals surface area contributed by atoms with E-state index in [9.17, 15) is 0 Å². The molecule has 1 atom stereocenters. The highest BCUT2D eigenvalue weighted by Gasteiger charge is 2.14. The summed E-state index contributed by atoms with van der Waals surface area (Å²) in [5.74, 6) is 0.